The van der Waals surface area contributed by atoms with E-state index in [0.29, 0.717) is 42.6 Å². The van der Waals surface area contributed by atoms with Crippen molar-refractivity contribution in [3.05, 3.63) is 84.7 Å². The summed E-state index contributed by atoms with van der Waals surface area (Å²) in [5.74, 6) is 0.397. The summed E-state index contributed by atoms with van der Waals surface area (Å²) in [4.78, 5) is 2.33. The van der Waals surface area contributed by atoms with Crippen LogP contribution in [0.5, 0.6) is 0 Å². The first-order chi connectivity index (χ1) is 15.5. The van der Waals surface area contributed by atoms with Gasteiger partial charge in [-0.15, -0.1) is 10.2 Å². The first-order valence-electron chi connectivity index (χ1n) is 10.3. The zero-order valence-corrected chi connectivity index (χ0v) is 18.0. The topological polar surface area (TPSA) is 66.4 Å². The largest absolute Gasteiger partial charge is 0.352 e. The van der Waals surface area contributed by atoms with Gasteiger partial charge in [0.15, 0.2) is 5.82 Å². The van der Waals surface area contributed by atoms with Crippen LogP contribution in [0.15, 0.2) is 83.8 Å². The van der Waals surface area contributed by atoms with E-state index in [1.807, 2.05) is 47.4 Å². The van der Waals surface area contributed by atoms with Gasteiger partial charge in [0.1, 0.15) is 5.82 Å². The van der Waals surface area contributed by atoms with Crippen molar-refractivity contribution in [1.29, 1.82) is 0 Å². The second-order valence-electron chi connectivity index (χ2n) is 7.68. The molecule has 3 aromatic carbocycles. The molecule has 1 saturated heterocycles. The van der Waals surface area contributed by atoms with Crippen LogP contribution in [0.2, 0.25) is 0 Å². The molecule has 0 atom stereocenters. The molecule has 0 bridgehead atoms. The zero-order valence-electron chi connectivity index (χ0n) is 17.2. The van der Waals surface area contributed by atoms with Gasteiger partial charge in [-0.05, 0) is 59.3 Å². The molecule has 2 heterocycles. The molecule has 1 aliphatic rings. The van der Waals surface area contributed by atoms with Gasteiger partial charge in [-0.3, -0.25) is 0 Å². The Labute approximate surface area is 186 Å². The molecule has 8 heteroatoms. The summed E-state index contributed by atoms with van der Waals surface area (Å²) in [6.07, 6.45) is 0. The van der Waals surface area contributed by atoms with Crippen molar-refractivity contribution < 1.29 is 12.8 Å². The molecule has 1 fully saturated rings. The van der Waals surface area contributed by atoms with Crippen LogP contribution in [-0.4, -0.2) is 49.1 Å². The summed E-state index contributed by atoms with van der Waals surface area (Å²) < 4.78 is 40.9. The Morgan fingerprint density at radius 3 is 2.16 bits per heavy atom. The number of hydrogen-bond acceptors (Lipinski definition) is 5. The number of benzene rings is 3. The zero-order chi connectivity index (χ0) is 22.1. The van der Waals surface area contributed by atoms with Crippen LogP contribution in [-0.2, 0) is 10.0 Å². The Balaban J connectivity index is 1.28. The number of aromatic nitrogens is 2. The molecule has 162 valence electrons. The maximum Gasteiger partial charge on any atom is 0.243 e. The van der Waals surface area contributed by atoms with Crippen LogP contribution in [0.4, 0.5) is 10.2 Å². The number of sulfonamides is 1. The molecule has 0 spiro atoms. The van der Waals surface area contributed by atoms with Crippen molar-refractivity contribution in [2.24, 2.45) is 0 Å². The highest BCUT2D eigenvalue weighted by atomic mass is 32.2. The van der Waals surface area contributed by atoms with E-state index in [4.69, 9.17) is 0 Å². The maximum atomic E-state index is 13.2. The monoisotopic (exact) mass is 448 g/mol. The fourth-order valence-electron chi connectivity index (χ4n) is 3.90. The summed E-state index contributed by atoms with van der Waals surface area (Å²) in [7, 11) is -3.57. The number of anilines is 1. The third kappa shape index (κ3) is 3.94. The van der Waals surface area contributed by atoms with Gasteiger partial charge >= 0.3 is 0 Å². The molecule has 0 N–H and O–H groups in total. The number of rotatable bonds is 4. The fraction of sp³-hybridized carbons (Fsp3) is 0.167. The minimum absolute atomic E-state index is 0.296. The Hall–Kier alpha value is -3.36. The molecule has 4 aromatic rings. The highest BCUT2D eigenvalue weighted by Crippen LogP contribution is 2.24. The first kappa shape index (κ1) is 20.5. The van der Waals surface area contributed by atoms with Crippen molar-refractivity contribution in [3.8, 4) is 11.3 Å². The van der Waals surface area contributed by atoms with Crippen LogP contribution in [0, 0.1) is 5.82 Å². The van der Waals surface area contributed by atoms with Gasteiger partial charge in [0, 0.05) is 31.7 Å². The van der Waals surface area contributed by atoms with Gasteiger partial charge < -0.3 is 4.90 Å². The van der Waals surface area contributed by atoms with Crippen LogP contribution in [0.3, 0.4) is 0 Å². The smallest absolute Gasteiger partial charge is 0.243 e. The standard InChI is InChI=1S/C24H21FN4O2S/c25-21-8-5-19(6-9-21)23-11-12-24(27-26-23)28-13-15-29(16-14-28)32(30,31)22-10-7-18-3-1-2-4-20(18)17-22/h1-12,17H,13-16H2. The van der Waals surface area contributed by atoms with Gasteiger partial charge in [0.25, 0.3) is 0 Å². The Morgan fingerprint density at radius 1 is 0.750 bits per heavy atom. The third-order valence-electron chi connectivity index (χ3n) is 5.71. The van der Waals surface area contributed by atoms with Crippen LogP contribution < -0.4 is 4.90 Å². The average molecular weight is 449 g/mol. The molecule has 5 rings (SSSR count). The molecular weight excluding hydrogens is 427 g/mol. The molecule has 0 unspecified atom stereocenters. The molecular formula is C24H21FN4O2S. The Morgan fingerprint density at radius 2 is 1.47 bits per heavy atom. The summed E-state index contributed by atoms with van der Waals surface area (Å²) in [6.45, 7) is 1.79. The van der Waals surface area contributed by atoms with Gasteiger partial charge in [0.2, 0.25) is 10.0 Å². The molecule has 1 aromatic heterocycles. The number of hydrogen-bond donors (Lipinski definition) is 0. The van der Waals surface area contributed by atoms with E-state index in [9.17, 15) is 12.8 Å². The average Bonchev–Trinajstić information content (AvgIpc) is 2.84. The summed E-state index contributed by atoms with van der Waals surface area (Å²) >= 11 is 0. The van der Waals surface area contributed by atoms with E-state index in [1.54, 1.807) is 24.3 Å². The fourth-order valence-corrected chi connectivity index (χ4v) is 5.36. The van der Waals surface area contributed by atoms with Crippen molar-refractivity contribution in [2.45, 2.75) is 4.90 Å². The normalized spacial score (nSPS) is 15.2. The Bertz CT molecular complexity index is 1350. The highest BCUT2D eigenvalue weighted by molar-refractivity contribution is 7.89. The lowest BCUT2D eigenvalue weighted by Crippen LogP contribution is -2.49. The third-order valence-corrected chi connectivity index (χ3v) is 7.61. The second-order valence-corrected chi connectivity index (χ2v) is 9.62. The number of piperazine rings is 1. The Kier molecular flexibility index (Phi) is 5.32. The van der Waals surface area contributed by atoms with Gasteiger partial charge in [0.05, 0.1) is 10.6 Å². The number of halogens is 1. The molecule has 1 aliphatic heterocycles. The first-order valence-corrected chi connectivity index (χ1v) is 11.8. The predicted octanol–water partition coefficient (Wildman–Crippen LogP) is 3.95. The van der Waals surface area contributed by atoms with Gasteiger partial charge in [-0.25, -0.2) is 12.8 Å². The summed E-state index contributed by atoms with van der Waals surface area (Å²) in [5, 5.41) is 10.5. The molecule has 0 aliphatic carbocycles. The van der Waals surface area contributed by atoms with E-state index in [0.717, 1.165) is 16.3 Å². The minimum Gasteiger partial charge on any atom is -0.352 e. The van der Waals surface area contributed by atoms with Crippen molar-refractivity contribution in [3.63, 3.8) is 0 Å². The SMILES string of the molecule is O=S(=O)(c1ccc2ccccc2c1)N1CCN(c2ccc(-c3ccc(F)cc3)nn2)CC1. The van der Waals surface area contributed by atoms with E-state index in [2.05, 4.69) is 10.2 Å². The lowest BCUT2D eigenvalue weighted by Gasteiger charge is -2.34. The minimum atomic E-state index is -3.57. The molecule has 32 heavy (non-hydrogen) atoms. The van der Waals surface area contributed by atoms with Gasteiger partial charge in [-0.2, -0.15) is 4.31 Å². The van der Waals surface area contributed by atoms with Crippen molar-refractivity contribution >= 4 is 26.6 Å². The maximum absolute atomic E-state index is 13.2. The molecule has 6 nitrogen and oxygen atoms in total. The molecule has 0 saturated carbocycles. The lowest BCUT2D eigenvalue weighted by atomic mass is 10.1. The quantitative estimate of drug-likeness (QED) is 0.473. The second kappa shape index (κ2) is 8.29. The number of nitrogens with zero attached hydrogens (tertiary/aromatic N) is 4. The molecule has 0 radical (unpaired) electrons. The van der Waals surface area contributed by atoms with E-state index < -0.39 is 10.0 Å². The summed E-state index contributed by atoms with van der Waals surface area (Å²) in [6, 6.07) is 22.8. The number of fused-ring (bicyclic) bond motifs is 1. The highest BCUT2D eigenvalue weighted by Gasteiger charge is 2.29. The lowest BCUT2D eigenvalue weighted by molar-refractivity contribution is 0.383. The van der Waals surface area contributed by atoms with E-state index >= 15 is 0 Å². The predicted molar refractivity (Wildman–Crippen MR) is 122 cm³/mol. The van der Waals surface area contributed by atoms with E-state index in [1.165, 1.54) is 16.4 Å². The van der Waals surface area contributed by atoms with Crippen molar-refractivity contribution in [2.75, 3.05) is 31.1 Å². The van der Waals surface area contributed by atoms with E-state index in [-0.39, 0.29) is 5.82 Å². The van der Waals surface area contributed by atoms with Crippen molar-refractivity contribution in [1.82, 2.24) is 14.5 Å². The van der Waals surface area contributed by atoms with Crippen LogP contribution in [0.25, 0.3) is 22.0 Å². The molecule has 0 amide bonds. The van der Waals surface area contributed by atoms with Crippen LogP contribution >= 0.6 is 0 Å². The van der Waals surface area contributed by atoms with Crippen LogP contribution in [0.1, 0.15) is 0 Å². The van der Waals surface area contributed by atoms with Gasteiger partial charge in [-0.1, -0.05) is 30.3 Å². The summed E-state index contributed by atoms with van der Waals surface area (Å²) in [5.41, 5.74) is 1.45.